The fourth-order valence-electron chi connectivity index (χ4n) is 1.43. The number of nitrogens with one attached hydrogen (secondary N) is 1. The van der Waals surface area contributed by atoms with Crippen LogP contribution in [-0.2, 0) is 19.6 Å². The second-order valence-electron chi connectivity index (χ2n) is 3.98. The zero-order chi connectivity index (χ0) is 13.5. The van der Waals surface area contributed by atoms with Crippen molar-refractivity contribution >= 4 is 16.1 Å². The predicted molar refractivity (Wildman–Crippen MR) is 61.6 cm³/mol. The van der Waals surface area contributed by atoms with Crippen LogP contribution in [-0.4, -0.2) is 50.9 Å². The number of likely N-dealkylation sites (N-methyl/N-ethyl adjacent to an activating group) is 1. The summed E-state index contributed by atoms with van der Waals surface area (Å²) in [7, 11) is -2.29. The van der Waals surface area contributed by atoms with E-state index in [0.29, 0.717) is 19.5 Å². The Labute approximate surface area is 102 Å². The Bertz CT molecular complexity index is 352. The first-order valence-corrected chi connectivity index (χ1v) is 6.90. The van der Waals surface area contributed by atoms with Gasteiger partial charge in [-0.05, 0) is 6.92 Å². The Kier molecular flexibility index (Phi) is 7.01. The number of ether oxygens (including phenoxy) is 1. The summed E-state index contributed by atoms with van der Waals surface area (Å²) in [5, 5.41) is 0. The molecule has 0 aromatic heterocycles. The molecule has 0 aliphatic rings. The van der Waals surface area contributed by atoms with Crippen molar-refractivity contribution in [1.82, 2.24) is 0 Å². The van der Waals surface area contributed by atoms with Crippen LogP contribution in [0.25, 0.3) is 0 Å². The molecule has 6 nitrogen and oxygen atoms in total. The predicted octanol–water partition coefficient (Wildman–Crippen LogP) is -1.45. The lowest BCUT2D eigenvalue weighted by molar-refractivity contribution is -0.882. The monoisotopic (exact) mass is 265 g/mol. The van der Waals surface area contributed by atoms with Crippen molar-refractivity contribution < 1.29 is 27.4 Å². The molecule has 2 unspecified atom stereocenters. The third-order valence-corrected chi connectivity index (χ3v) is 2.91. The molecule has 0 bridgehead atoms. The van der Waals surface area contributed by atoms with Crippen molar-refractivity contribution in [2.24, 2.45) is 0 Å². The van der Waals surface area contributed by atoms with E-state index in [2.05, 4.69) is 6.58 Å². The van der Waals surface area contributed by atoms with E-state index in [0.717, 1.165) is 11.0 Å². The zero-order valence-electron chi connectivity index (χ0n) is 10.1. The molecule has 2 atom stereocenters. The number of rotatable bonds is 8. The molecule has 100 valence electrons. The van der Waals surface area contributed by atoms with Crippen LogP contribution >= 0.6 is 0 Å². The maximum atomic E-state index is 10.9. The Hall–Kier alpha value is -0.920. The second kappa shape index (κ2) is 7.41. The fourth-order valence-corrected chi connectivity index (χ4v) is 1.93. The molecule has 1 N–H and O–H groups in total. The van der Waals surface area contributed by atoms with Crippen LogP contribution in [0.15, 0.2) is 12.7 Å². The van der Waals surface area contributed by atoms with Gasteiger partial charge in [0.2, 0.25) is 0 Å². The molecule has 0 rings (SSSR count). The number of quaternary nitrogens is 1. The van der Waals surface area contributed by atoms with Crippen molar-refractivity contribution in [3.63, 3.8) is 0 Å². The first-order chi connectivity index (χ1) is 7.74. The number of hydrogen-bond donors (Lipinski definition) is 1. The summed E-state index contributed by atoms with van der Waals surface area (Å²) in [6, 6.07) is 0. The maximum absolute atomic E-state index is 10.9. The molecule has 0 saturated heterocycles. The summed E-state index contributed by atoms with van der Waals surface area (Å²) in [6.07, 6.45) is 1.12. The molecule has 17 heavy (non-hydrogen) atoms. The van der Waals surface area contributed by atoms with E-state index in [1.165, 1.54) is 0 Å². The Morgan fingerprint density at radius 2 is 2.18 bits per heavy atom. The summed E-state index contributed by atoms with van der Waals surface area (Å²) in [4.78, 5) is 11.9. The van der Waals surface area contributed by atoms with Gasteiger partial charge in [0.25, 0.3) is 0 Å². The standard InChI is InChI=1S/C10H19NO5S/c1-4-10(12)16-9(2)8-11(3)6-5-7-17(13,14)15/h4,9H,1,5-8H2,2-3H3,(H,13,14,15). The topological polar surface area (TPSA) is 87.9 Å². The summed E-state index contributed by atoms with van der Waals surface area (Å²) in [5.74, 6) is -0.835. The summed E-state index contributed by atoms with van der Waals surface area (Å²) >= 11 is 0. The van der Waals surface area contributed by atoms with Gasteiger partial charge in [0.05, 0.1) is 23.7 Å². The van der Waals surface area contributed by atoms with E-state index in [9.17, 15) is 17.8 Å². The van der Waals surface area contributed by atoms with Crippen LogP contribution in [0.1, 0.15) is 13.3 Å². The normalized spacial score (nSPS) is 15.0. The van der Waals surface area contributed by atoms with Crippen molar-refractivity contribution in [3.8, 4) is 0 Å². The van der Waals surface area contributed by atoms with E-state index in [4.69, 9.17) is 4.74 Å². The lowest BCUT2D eigenvalue weighted by Crippen LogP contribution is -3.10. The van der Waals surface area contributed by atoms with Gasteiger partial charge in [-0.15, -0.1) is 0 Å². The van der Waals surface area contributed by atoms with Crippen molar-refractivity contribution in [2.45, 2.75) is 19.4 Å². The van der Waals surface area contributed by atoms with Gasteiger partial charge in [-0.25, -0.2) is 13.2 Å². The molecule has 7 heteroatoms. The largest absolute Gasteiger partial charge is 0.748 e. The Balaban J connectivity index is 3.82. The lowest BCUT2D eigenvalue weighted by Gasteiger charge is -2.18. The fraction of sp³-hybridized carbons (Fsp3) is 0.700. The highest BCUT2D eigenvalue weighted by Gasteiger charge is 2.12. The molecule has 0 aliphatic heterocycles. The summed E-state index contributed by atoms with van der Waals surface area (Å²) in [5.41, 5.74) is 0. The van der Waals surface area contributed by atoms with Gasteiger partial charge in [0.1, 0.15) is 12.6 Å². The molecule has 0 fully saturated rings. The van der Waals surface area contributed by atoms with Gasteiger partial charge in [0, 0.05) is 18.2 Å². The minimum atomic E-state index is -4.13. The third-order valence-electron chi connectivity index (χ3n) is 2.12. The average Bonchev–Trinajstić information content (AvgIpc) is 2.14. The maximum Gasteiger partial charge on any atom is 0.330 e. The minimum absolute atomic E-state index is 0.274. The van der Waals surface area contributed by atoms with Crippen molar-refractivity contribution in [3.05, 3.63) is 12.7 Å². The van der Waals surface area contributed by atoms with Gasteiger partial charge in [-0.1, -0.05) is 6.58 Å². The molecule has 0 radical (unpaired) electrons. The molecule has 0 aliphatic carbocycles. The van der Waals surface area contributed by atoms with Gasteiger partial charge < -0.3 is 14.2 Å². The second-order valence-corrected chi connectivity index (χ2v) is 5.50. The summed E-state index contributed by atoms with van der Waals surface area (Å²) < 4.78 is 36.1. The Morgan fingerprint density at radius 1 is 1.59 bits per heavy atom. The van der Waals surface area contributed by atoms with Gasteiger partial charge in [-0.2, -0.15) is 0 Å². The van der Waals surface area contributed by atoms with E-state index in [-0.39, 0.29) is 11.9 Å². The summed E-state index contributed by atoms with van der Waals surface area (Å²) in [6.45, 7) is 6.13. The molecule has 0 aromatic carbocycles. The highest BCUT2D eigenvalue weighted by atomic mass is 32.2. The minimum Gasteiger partial charge on any atom is -0.748 e. The van der Waals surface area contributed by atoms with E-state index >= 15 is 0 Å². The first kappa shape index (κ1) is 16.1. The Morgan fingerprint density at radius 3 is 2.65 bits per heavy atom. The van der Waals surface area contributed by atoms with Gasteiger partial charge >= 0.3 is 5.97 Å². The number of hydrogen-bond acceptors (Lipinski definition) is 5. The van der Waals surface area contributed by atoms with Crippen LogP contribution in [0.5, 0.6) is 0 Å². The van der Waals surface area contributed by atoms with E-state index < -0.39 is 16.1 Å². The third kappa shape index (κ3) is 9.98. The molecule has 0 aromatic rings. The highest BCUT2D eigenvalue weighted by molar-refractivity contribution is 7.85. The SMILES string of the molecule is C=CC(=O)OC(C)C[NH+](C)CCCS(=O)(=O)[O-]. The quantitative estimate of drug-likeness (QED) is 0.330. The van der Waals surface area contributed by atoms with E-state index in [1.807, 2.05) is 7.05 Å². The van der Waals surface area contributed by atoms with Crippen LogP contribution < -0.4 is 4.90 Å². The lowest BCUT2D eigenvalue weighted by atomic mass is 10.3. The highest BCUT2D eigenvalue weighted by Crippen LogP contribution is 1.89. The molecular weight excluding hydrogens is 246 g/mol. The average molecular weight is 265 g/mol. The van der Waals surface area contributed by atoms with Crippen LogP contribution in [0.4, 0.5) is 0 Å². The number of carbonyl (C=O) groups is 1. The smallest absolute Gasteiger partial charge is 0.330 e. The zero-order valence-corrected chi connectivity index (χ0v) is 11.0. The van der Waals surface area contributed by atoms with Crippen LogP contribution in [0, 0.1) is 0 Å². The van der Waals surface area contributed by atoms with Gasteiger partial charge in [0.15, 0.2) is 0 Å². The molecule has 0 heterocycles. The molecule has 0 saturated carbocycles. The number of esters is 1. The van der Waals surface area contributed by atoms with Gasteiger partial charge in [-0.3, -0.25) is 0 Å². The molecular formula is C10H19NO5S. The van der Waals surface area contributed by atoms with Crippen LogP contribution in [0.2, 0.25) is 0 Å². The van der Waals surface area contributed by atoms with Crippen molar-refractivity contribution in [2.75, 3.05) is 25.9 Å². The van der Waals surface area contributed by atoms with Crippen LogP contribution in [0.3, 0.4) is 0 Å². The molecule has 0 amide bonds. The number of carbonyl (C=O) groups excluding carboxylic acids is 1. The van der Waals surface area contributed by atoms with Crippen molar-refractivity contribution in [1.29, 1.82) is 0 Å². The van der Waals surface area contributed by atoms with E-state index in [1.54, 1.807) is 6.92 Å². The first-order valence-electron chi connectivity index (χ1n) is 5.32. The molecule has 0 spiro atoms.